The molecule has 0 saturated carbocycles. The number of methoxy groups -OCH3 is 1. The fourth-order valence-electron chi connectivity index (χ4n) is 3.37. The van der Waals surface area contributed by atoms with Crippen molar-refractivity contribution in [2.75, 3.05) is 20.2 Å². The van der Waals surface area contributed by atoms with Crippen molar-refractivity contribution in [1.82, 2.24) is 14.9 Å². The summed E-state index contributed by atoms with van der Waals surface area (Å²) in [4.78, 5) is 22.7. The maximum absolute atomic E-state index is 11.7. The molecule has 5 heteroatoms. The Morgan fingerprint density at radius 2 is 2.08 bits per heavy atom. The van der Waals surface area contributed by atoms with Crippen molar-refractivity contribution < 1.29 is 9.53 Å². The van der Waals surface area contributed by atoms with Crippen LogP contribution in [0.15, 0.2) is 36.7 Å². The number of hydrogen-bond acceptors (Lipinski definition) is 4. The number of nitrogens with zero attached hydrogens (tertiary/aromatic N) is 3. The zero-order valence-electron chi connectivity index (χ0n) is 14.2. The second kappa shape index (κ2) is 7.43. The summed E-state index contributed by atoms with van der Waals surface area (Å²) in [5.41, 5.74) is 2.80. The van der Waals surface area contributed by atoms with Crippen LogP contribution in [0.1, 0.15) is 25.5 Å². The third-order valence-electron chi connectivity index (χ3n) is 4.58. The van der Waals surface area contributed by atoms with E-state index in [0.29, 0.717) is 5.92 Å². The van der Waals surface area contributed by atoms with E-state index in [1.54, 1.807) is 26.4 Å². The molecule has 1 amide bonds. The highest BCUT2D eigenvalue weighted by molar-refractivity contribution is 5.73. The molecule has 1 saturated heterocycles. The summed E-state index contributed by atoms with van der Waals surface area (Å²) in [6.07, 6.45) is 6.44. The van der Waals surface area contributed by atoms with Crippen molar-refractivity contribution in [2.24, 2.45) is 5.92 Å². The molecule has 1 aliphatic heterocycles. The number of hydrogen-bond donors (Lipinski definition) is 0. The molecule has 1 aliphatic rings. The van der Waals surface area contributed by atoms with Gasteiger partial charge in [-0.25, -0.2) is 0 Å². The van der Waals surface area contributed by atoms with Crippen LogP contribution in [0.3, 0.4) is 0 Å². The Labute approximate surface area is 142 Å². The Kier molecular flexibility index (Phi) is 5.08. The molecule has 126 valence electrons. The molecule has 0 unspecified atom stereocenters. The van der Waals surface area contributed by atoms with Crippen molar-refractivity contribution in [2.45, 2.75) is 26.2 Å². The largest absolute Gasteiger partial charge is 0.496 e. The van der Waals surface area contributed by atoms with Gasteiger partial charge in [0.05, 0.1) is 18.5 Å². The first-order chi connectivity index (χ1) is 11.7. The molecule has 0 aliphatic carbocycles. The average Bonchev–Trinajstić information content (AvgIpc) is 2.62. The third kappa shape index (κ3) is 3.55. The summed E-state index contributed by atoms with van der Waals surface area (Å²) in [6, 6.07) is 7.87. The van der Waals surface area contributed by atoms with E-state index >= 15 is 0 Å². The lowest BCUT2D eigenvalue weighted by atomic mass is 9.91. The molecule has 5 nitrogen and oxygen atoms in total. The second-order valence-corrected chi connectivity index (χ2v) is 6.23. The first-order valence-corrected chi connectivity index (χ1v) is 8.38. The van der Waals surface area contributed by atoms with Gasteiger partial charge in [0, 0.05) is 38.0 Å². The Balaban J connectivity index is 1.86. The number of rotatable bonds is 4. The van der Waals surface area contributed by atoms with Gasteiger partial charge in [0.15, 0.2) is 0 Å². The Morgan fingerprint density at radius 1 is 1.29 bits per heavy atom. The van der Waals surface area contributed by atoms with E-state index in [2.05, 4.69) is 9.97 Å². The van der Waals surface area contributed by atoms with Crippen LogP contribution in [-0.4, -0.2) is 41.0 Å². The third-order valence-corrected chi connectivity index (χ3v) is 4.58. The predicted octanol–water partition coefficient (Wildman–Crippen LogP) is 2.95. The number of ether oxygens (including phenoxy) is 1. The molecule has 0 bridgehead atoms. The molecular formula is C19H23N3O2. The van der Waals surface area contributed by atoms with Crippen LogP contribution < -0.4 is 4.74 Å². The summed E-state index contributed by atoms with van der Waals surface area (Å²) in [5, 5.41) is 0. The lowest BCUT2D eigenvalue weighted by Gasteiger charge is -2.32. The van der Waals surface area contributed by atoms with Gasteiger partial charge in [-0.3, -0.25) is 14.8 Å². The van der Waals surface area contributed by atoms with Crippen molar-refractivity contribution in [3.8, 4) is 17.0 Å². The van der Waals surface area contributed by atoms with Gasteiger partial charge >= 0.3 is 0 Å². The molecule has 1 aromatic carbocycles. The van der Waals surface area contributed by atoms with Crippen molar-refractivity contribution >= 4 is 5.91 Å². The minimum atomic E-state index is 0.156. The predicted molar refractivity (Wildman–Crippen MR) is 92.7 cm³/mol. The van der Waals surface area contributed by atoms with Crippen molar-refractivity contribution in [1.29, 1.82) is 0 Å². The molecule has 1 aromatic heterocycles. The fourth-order valence-corrected chi connectivity index (χ4v) is 3.37. The minimum absolute atomic E-state index is 0.156. The standard InChI is InChI=1S/C19H23N3O2/c1-14(23)22-11-5-6-15(13-22)12-17-19(21-10-9-20-17)16-7-3-4-8-18(16)24-2/h3-4,7-10,15H,5-6,11-13H2,1-2H3/t15-/m1/s1. The molecule has 0 spiro atoms. The number of aromatic nitrogens is 2. The van der Waals surface area contributed by atoms with Gasteiger partial charge in [-0.2, -0.15) is 0 Å². The van der Waals surface area contributed by atoms with Crippen molar-refractivity contribution in [3.63, 3.8) is 0 Å². The molecular weight excluding hydrogens is 302 g/mol. The van der Waals surface area contributed by atoms with E-state index in [-0.39, 0.29) is 5.91 Å². The zero-order valence-corrected chi connectivity index (χ0v) is 14.2. The van der Waals surface area contributed by atoms with Crippen LogP contribution in [0.2, 0.25) is 0 Å². The van der Waals surface area contributed by atoms with Gasteiger partial charge in [0.1, 0.15) is 5.75 Å². The van der Waals surface area contributed by atoms with E-state index < -0.39 is 0 Å². The van der Waals surface area contributed by atoms with E-state index in [0.717, 1.165) is 55.1 Å². The molecule has 2 heterocycles. The topological polar surface area (TPSA) is 55.3 Å². The summed E-state index contributed by atoms with van der Waals surface area (Å²) in [7, 11) is 1.67. The van der Waals surface area contributed by atoms with Gasteiger partial charge < -0.3 is 9.64 Å². The number of para-hydroxylation sites is 1. The summed E-state index contributed by atoms with van der Waals surface area (Å²) < 4.78 is 5.47. The van der Waals surface area contributed by atoms with E-state index in [1.807, 2.05) is 29.2 Å². The Hall–Kier alpha value is -2.43. The molecule has 24 heavy (non-hydrogen) atoms. The first kappa shape index (κ1) is 16.4. The van der Waals surface area contributed by atoms with Crippen LogP contribution >= 0.6 is 0 Å². The highest BCUT2D eigenvalue weighted by Gasteiger charge is 2.24. The Morgan fingerprint density at radius 3 is 2.88 bits per heavy atom. The van der Waals surface area contributed by atoms with Gasteiger partial charge in [-0.1, -0.05) is 12.1 Å². The normalized spacial score (nSPS) is 17.6. The minimum Gasteiger partial charge on any atom is -0.496 e. The molecule has 0 N–H and O–H groups in total. The fraction of sp³-hybridized carbons (Fsp3) is 0.421. The SMILES string of the molecule is COc1ccccc1-c1nccnc1C[C@H]1CCCN(C(C)=O)C1. The van der Waals surface area contributed by atoms with Crippen LogP contribution in [0, 0.1) is 5.92 Å². The van der Waals surface area contributed by atoms with E-state index in [4.69, 9.17) is 4.74 Å². The maximum Gasteiger partial charge on any atom is 0.219 e. The summed E-state index contributed by atoms with van der Waals surface area (Å²) in [5.74, 6) is 1.38. The molecule has 1 atom stereocenters. The van der Waals surface area contributed by atoms with Gasteiger partial charge in [0.25, 0.3) is 0 Å². The number of amides is 1. The lowest BCUT2D eigenvalue weighted by Crippen LogP contribution is -2.39. The molecule has 0 radical (unpaired) electrons. The number of carbonyl (C=O) groups is 1. The second-order valence-electron chi connectivity index (χ2n) is 6.23. The zero-order chi connectivity index (χ0) is 16.9. The molecule has 2 aromatic rings. The quantitative estimate of drug-likeness (QED) is 0.867. The number of benzene rings is 1. The number of likely N-dealkylation sites (tertiary alicyclic amines) is 1. The van der Waals surface area contributed by atoms with Gasteiger partial charge in [-0.15, -0.1) is 0 Å². The lowest BCUT2D eigenvalue weighted by molar-refractivity contribution is -0.130. The number of piperidine rings is 1. The monoisotopic (exact) mass is 325 g/mol. The summed E-state index contributed by atoms with van der Waals surface area (Å²) >= 11 is 0. The van der Waals surface area contributed by atoms with Gasteiger partial charge in [-0.05, 0) is 37.3 Å². The van der Waals surface area contributed by atoms with Crippen LogP contribution in [0.5, 0.6) is 5.75 Å². The highest BCUT2D eigenvalue weighted by atomic mass is 16.5. The molecule has 1 fully saturated rings. The molecule has 3 rings (SSSR count). The Bertz CT molecular complexity index is 717. The summed E-state index contributed by atoms with van der Waals surface area (Å²) in [6.45, 7) is 3.31. The highest BCUT2D eigenvalue weighted by Crippen LogP contribution is 2.31. The number of carbonyl (C=O) groups excluding carboxylic acids is 1. The smallest absolute Gasteiger partial charge is 0.219 e. The van der Waals surface area contributed by atoms with Gasteiger partial charge in [0.2, 0.25) is 5.91 Å². The maximum atomic E-state index is 11.7. The van der Waals surface area contributed by atoms with Crippen LogP contribution in [-0.2, 0) is 11.2 Å². The van der Waals surface area contributed by atoms with Crippen LogP contribution in [0.25, 0.3) is 11.3 Å². The van der Waals surface area contributed by atoms with Crippen molar-refractivity contribution in [3.05, 3.63) is 42.4 Å². The van der Waals surface area contributed by atoms with E-state index in [9.17, 15) is 4.79 Å². The average molecular weight is 325 g/mol. The van der Waals surface area contributed by atoms with Crippen LogP contribution in [0.4, 0.5) is 0 Å². The first-order valence-electron chi connectivity index (χ1n) is 8.38. The van der Waals surface area contributed by atoms with E-state index in [1.165, 1.54) is 0 Å².